The van der Waals surface area contributed by atoms with Crippen LogP contribution >= 0.6 is 15.9 Å². The fraction of sp³-hybridized carbons (Fsp3) is 0.294. The Kier molecular flexibility index (Phi) is 5.21. The highest BCUT2D eigenvalue weighted by Gasteiger charge is 2.12. The number of rotatable bonds is 5. The third kappa shape index (κ3) is 3.41. The molecule has 0 fully saturated rings. The van der Waals surface area contributed by atoms with Gasteiger partial charge in [0.25, 0.3) is 0 Å². The minimum Gasteiger partial charge on any atom is -0.457 e. The van der Waals surface area contributed by atoms with Gasteiger partial charge in [-0.3, -0.25) is 0 Å². The maximum absolute atomic E-state index is 6.17. The second-order valence-electron chi connectivity index (χ2n) is 4.76. The summed E-state index contributed by atoms with van der Waals surface area (Å²) in [6, 6.07) is 14.6. The van der Waals surface area contributed by atoms with Crippen LogP contribution in [0.25, 0.3) is 0 Å². The minimum atomic E-state index is 0.242. The van der Waals surface area contributed by atoms with E-state index in [2.05, 4.69) is 47.2 Å². The number of benzene rings is 2. The van der Waals surface area contributed by atoms with Gasteiger partial charge in [0.15, 0.2) is 0 Å². The van der Waals surface area contributed by atoms with Crippen LogP contribution in [0, 0.1) is 0 Å². The van der Waals surface area contributed by atoms with Crippen molar-refractivity contribution >= 4 is 15.9 Å². The molecular weight excluding hydrogens is 314 g/mol. The molecule has 20 heavy (non-hydrogen) atoms. The van der Waals surface area contributed by atoms with E-state index in [1.165, 1.54) is 5.56 Å². The normalized spacial score (nSPS) is 12.2. The summed E-state index contributed by atoms with van der Waals surface area (Å²) in [5, 5.41) is 3.26. The summed E-state index contributed by atoms with van der Waals surface area (Å²) < 4.78 is 7.19. The standard InChI is InChI=1S/C17H20BrNO/c1-4-13-7-5-6-8-16(13)20-17-11-14(18)9-10-15(17)12(2)19-3/h5-12,19H,4H2,1-3H3. The highest BCUT2D eigenvalue weighted by Crippen LogP contribution is 2.33. The van der Waals surface area contributed by atoms with Crippen LogP contribution in [0.15, 0.2) is 46.9 Å². The molecule has 0 amide bonds. The van der Waals surface area contributed by atoms with Crippen molar-refractivity contribution in [2.75, 3.05) is 7.05 Å². The number of ether oxygens (including phenoxy) is 1. The Labute approximate surface area is 129 Å². The van der Waals surface area contributed by atoms with Gasteiger partial charge in [-0.2, -0.15) is 0 Å². The van der Waals surface area contributed by atoms with E-state index >= 15 is 0 Å². The monoisotopic (exact) mass is 333 g/mol. The van der Waals surface area contributed by atoms with Crippen LogP contribution in [-0.2, 0) is 6.42 Å². The van der Waals surface area contributed by atoms with Gasteiger partial charge in [-0.1, -0.05) is 47.1 Å². The van der Waals surface area contributed by atoms with Crippen LogP contribution in [0.5, 0.6) is 11.5 Å². The zero-order valence-electron chi connectivity index (χ0n) is 12.1. The molecule has 0 saturated heterocycles. The zero-order chi connectivity index (χ0) is 14.5. The first kappa shape index (κ1) is 15.1. The summed E-state index contributed by atoms with van der Waals surface area (Å²) in [5.74, 6) is 1.82. The van der Waals surface area contributed by atoms with E-state index < -0.39 is 0 Å². The summed E-state index contributed by atoms with van der Waals surface area (Å²) in [6.07, 6.45) is 0.959. The summed E-state index contributed by atoms with van der Waals surface area (Å²) >= 11 is 3.52. The van der Waals surface area contributed by atoms with Crippen molar-refractivity contribution in [3.05, 3.63) is 58.1 Å². The van der Waals surface area contributed by atoms with Crippen LogP contribution in [-0.4, -0.2) is 7.05 Å². The number of aryl methyl sites for hydroxylation is 1. The van der Waals surface area contributed by atoms with Gasteiger partial charge < -0.3 is 10.1 Å². The largest absolute Gasteiger partial charge is 0.457 e. The Bertz CT molecular complexity index is 583. The van der Waals surface area contributed by atoms with Crippen molar-refractivity contribution in [2.24, 2.45) is 0 Å². The molecule has 0 bridgehead atoms. The van der Waals surface area contributed by atoms with E-state index in [1.807, 2.05) is 37.4 Å². The third-order valence-corrected chi connectivity index (χ3v) is 3.94. The highest BCUT2D eigenvalue weighted by molar-refractivity contribution is 9.10. The molecule has 0 heterocycles. The lowest BCUT2D eigenvalue weighted by Gasteiger charge is -2.18. The first-order valence-electron chi connectivity index (χ1n) is 6.88. The number of para-hydroxylation sites is 1. The summed E-state index contributed by atoms with van der Waals surface area (Å²) in [7, 11) is 1.95. The fourth-order valence-corrected chi connectivity index (χ4v) is 2.46. The molecule has 1 N–H and O–H groups in total. The Morgan fingerprint density at radius 3 is 2.60 bits per heavy atom. The molecule has 2 aromatic carbocycles. The first-order valence-corrected chi connectivity index (χ1v) is 7.67. The van der Waals surface area contributed by atoms with Crippen molar-refractivity contribution < 1.29 is 4.74 Å². The van der Waals surface area contributed by atoms with Crippen LogP contribution in [0.1, 0.15) is 31.0 Å². The van der Waals surface area contributed by atoms with Crippen LogP contribution in [0.4, 0.5) is 0 Å². The molecular formula is C17H20BrNO. The summed E-state index contributed by atoms with van der Waals surface area (Å²) in [6.45, 7) is 4.27. The van der Waals surface area contributed by atoms with Crippen LogP contribution < -0.4 is 10.1 Å². The van der Waals surface area contributed by atoms with Crippen molar-refractivity contribution in [2.45, 2.75) is 26.3 Å². The average molecular weight is 334 g/mol. The second-order valence-corrected chi connectivity index (χ2v) is 5.67. The Morgan fingerprint density at radius 2 is 1.90 bits per heavy atom. The summed E-state index contributed by atoms with van der Waals surface area (Å²) in [4.78, 5) is 0. The number of hydrogen-bond acceptors (Lipinski definition) is 2. The molecule has 0 aliphatic carbocycles. The van der Waals surface area contributed by atoms with Crippen molar-refractivity contribution in [3.8, 4) is 11.5 Å². The number of nitrogens with one attached hydrogen (secondary N) is 1. The predicted molar refractivity (Wildman–Crippen MR) is 87.5 cm³/mol. The van der Waals surface area contributed by atoms with Gasteiger partial charge in [0.05, 0.1) is 0 Å². The Hall–Kier alpha value is -1.32. The fourth-order valence-electron chi connectivity index (χ4n) is 2.12. The molecule has 1 unspecified atom stereocenters. The third-order valence-electron chi connectivity index (χ3n) is 3.45. The molecule has 106 valence electrons. The van der Waals surface area contributed by atoms with Gasteiger partial charge in [-0.25, -0.2) is 0 Å². The molecule has 0 aromatic heterocycles. The van der Waals surface area contributed by atoms with Crippen molar-refractivity contribution in [1.29, 1.82) is 0 Å². The van der Waals surface area contributed by atoms with Crippen LogP contribution in [0.3, 0.4) is 0 Å². The molecule has 2 nitrogen and oxygen atoms in total. The SMILES string of the molecule is CCc1ccccc1Oc1cc(Br)ccc1C(C)NC. The lowest BCUT2D eigenvalue weighted by atomic mass is 10.1. The maximum atomic E-state index is 6.17. The van der Waals surface area contributed by atoms with E-state index in [0.717, 1.165) is 28.0 Å². The van der Waals surface area contributed by atoms with Gasteiger partial charge in [0.2, 0.25) is 0 Å². The lowest BCUT2D eigenvalue weighted by molar-refractivity contribution is 0.461. The molecule has 0 radical (unpaired) electrons. The van der Waals surface area contributed by atoms with Gasteiger partial charge in [0.1, 0.15) is 11.5 Å². The number of hydrogen-bond donors (Lipinski definition) is 1. The molecule has 0 aliphatic heterocycles. The average Bonchev–Trinajstić information content (AvgIpc) is 2.47. The second kappa shape index (κ2) is 6.91. The van der Waals surface area contributed by atoms with E-state index in [9.17, 15) is 0 Å². The van der Waals surface area contributed by atoms with Crippen molar-refractivity contribution in [3.63, 3.8) is 0 Å². The predicted octanol–water partition coefficient (Wildman–Crippen LogP) is 5.08. The van der Waals surface area contributed by atoms with E-state index in [-0.39, 0.29) is 6.04 Å². The minimum absolute atomic E-state index is 0.242. The molecule has 2 aromatic rings. The molecule has 2 rings (SSSR count). The van der Waals surface area contributed by atoms with Gasteiger partial charge in [-0.15, -0.1) is 0 Å². The smallest absolute Gasteiger partial charge is 0.133 e. The topological polar surface area (TPSA) is 21.3 Å². The summed E-state index contributed by atoms with van der Waals surface area (Å²) in [5.41, 5.74) is 2.37. The van der Waals surface area contributed by atoms with Gasteiger partial charge in [-0.05, 0) is 44.2 Å². The molecule has 0 spiro atoms. The van der Waals surface area contributed by atoms with Gasteiger partial charge >= 0.3 is 0 Å². The molecule has 3 heteroatoms. The molecule has 0 aliphatic rings. The highest BCUT2D eigenvalue weighted by atomic mass is 79.9. The molecule has 0 saturated carbocycles. The van der Waals surface area contributed by atoms with Crippen molar-refractivity contribution in [1.82, 2.24) is 5.32 Å². The quantitative estimate of drug-likeness (QED) is 0.823. The zero-order valence-corrected chi connectivity index (χ0v) is 13.7. The lowest BCUT2D eigenvalue weighted by Crippen LogP contribution is -2.13. The van der Waals surface area contributed by atoms with E-state index in [1.54, 1.807) is 0 Å². The van der Waals surface area contributed by atoms with Gasteiger partial charge in [0, 0.05) is 16.1 Å². The first-order chi connectivity index (χ1) is 9.65. The van der Waals surface area contributed by atoms with E-state index in [0.29, 0.717) is 0 Å². The van der Waals surface area contributed by atoms with E-state index in [4.69, 9.17) is 4.74 Å². The molecule has 1 atom stereocenters. The Balaban J connectivity index is 2.39. The van der Waals surface area contributed by atoms with Crippen LogP contribution in [0.2, 0.25) is 0 Å². The Morgan fingerprint density at radius 1 is 1.15 bits per heavy atom. The number of halogens is 1. The maximum Gasteiger partial charge on any atom is 0.133 e.